The first-order valence-electron chi connectivity index (χ1n) is 10.3. The Morgan fingerprint density at radius 1 is 0.680 bits per heavy atom. The van der Waals surface area contributed by atoms with Crippen molar-refractivity contribution in [2.75, 3.05) is 0 Å². The molecule has 0 unspecified atom stereocenters. The van der Waals surface area contributed by atoms with Crippen molar-refractivity contribution in [2.45, 2.75) is 91.1 Å². The second-order valence-corrected chi connectivity index (χ2v) is 17.4. The van der Waals surface area contributed by atoms with Gasteiger partial charge in [-0.2, -0.15) is 0 Å². The Labute approximate surface area is 167 Å². The van der Waals surface area contributed by atoms with Gasteiger partial charge < -0.3 is 0 Å². The number of hydrogen-bond donors (Lipinski definition) is 0. The third-order valence-corrected chi connectivity index (χ3v) is 17.1. The fourth-order valence-corrected chi connectivity index (χ4v) is 18.4. The summed E-state index contributed by atoms with van der Waals surface area (Å²) >= 11 is 1.30. The van der Waals surface area contributed by atoms with Crippen LogP contribution in [0.25, 0.3) is 8.87 Å². The Hall–Kier alpha value is 0.216. The molecular weight excluding hydrogens is 450 g/mol. The fraction of sp³-hybridized carbons (Fsp3) is 0.636. The van der Waals surface area contributed by atoms with Crippen LogP contribution in [0.5, 0.6) is 0 Å². The Bertz CT molecular complexity index is 635. The fourth-order valence-electron chi connectivity index (χ4n) is 4.59. The molecule has 1 aliphatic heterocycles. The van der Waals surface area contributed by atoms with Gasteiger partial charge in [0.2, 0.25) is 0 Å². The first-order chi connectivity index (χ1) is 12.1. The van der Waals surface area contributed by atoms with Gasteiger partial charge in [0, 0.05) is 0 Å². The average molecular weight is 485 g/mol. The van der Waals surface area contributed by atoms with Crippen LogP contribution in [-0.4, -0.2) is 37.1 Å². The van der Waals surface area contributed by atoms with E-state index in [2.05, 4.69) is 39.8 Å². The van der Waals surface area contributed by atoms with Gasteiger partial charge in [-0.05, 0) is 0 Å². The average Bonchev–Trinajstić information content (AvgIpc) is 3.21. The van der Waals surface area contributed by atoms with Crippen LogP contribution < -0.4 is 10.4 Å². The molecule has 0 radical (unpaired) electrons. The van der Waals surface area contributed by atoms with Crippen LogP contribution in [-0.2, 0) is 0 Å². The molecule has 3 heterocycles. The van der Waals surface area contributed by atoms with Crippen molar-refractivity contribution in [1.82, 2.24) is 0 Å². The number of unbranched alkanes of at least 4 members (excludes halogenated alkanes) is 6. The molecule has 0 aromatic carbocycles. The van der Waals surface area contributed by atoms with E-state index in [1.165, 1.54) is 63.5 Å². The summed E-state index contributed by atoms with van der Waals surface area (Å²) in [4.78, 5) is 0. The molecule has 0 aliphatic carbocycles. The summed E-state index contributed by atoms with van der Waals surface area (Å²) in [5, 5.41) is 3.85. The van der Waals surface area contributed by atoms with Crippen LogP contribution in [0.15, 0.2) is 12.1 Å². The van der Waals surface area contributed by atoms with Gasteiger partial charge in [0.15, 0.2) is 0 Å². The summed E-state index contributed by atoms with van der Waals surface area (Å²) in [5.74, 6) is 0. The molecule has 0 fully saturated rings. The Kier molecular flexibility index (Phi) is 7.14. The molecule has 0 amide bonds. The molecule has 3 rings (SSSR count). The maximum atomic E-state index is 2.68. The minimum atomic E-state index is -1.44. The van der Waals surface area contributed by atoms with Crippen LogP contribution in [0.4, 0.5) is 0 Å². The third kappa shape index (κ3) is 4.07. The van der Waals surface area contributed by atoms with Crippen LogP contribution in [0.2, 0.25) is 12.1 Å². The van der Waals surface area contributed by atoms with Gasteiger partial charge in [-0.15, -0.1) is 0 Å². The van der Waals surface area contributed by atoms with Gasteiger partial charge in [0.05, 0.1) is 0 Å². The van der Waals surface area contributed by atoms with Crippen molar-refractivity contribution in [2.24, 2.45) is 0 Å². The molecule has 0 N–H and O–H groups in total. The minimum absolute atomic E-state index is 0.651. The number of aryl methyl sites for hydroxylation is 2. The normalized spacial score (nSPS) is 14.7. The topological polar surface area (TPSA) is 0 Å². The van der Waals surface area contributed by atoms with Crippen molar-refractivity contribution >= 4 is 47.5 Å². The predicted octanol–water partition coefficient (Wildman–Crippen LogP) is 5.12. The van der Waals surface area contributed by atoms with E-state index in [1.54, 1.807) is 8.87 Å². The van der Waals surface area contributed by atoms with Crippen molar-refractivity contribution in [3.8, 4) is 8.87 Å². The molecule has 3 heteroatoms. The van der Waals surface area contributed by atoms with Crippen molar-refractivity contribution < 1.29 is 0 Å². The Morgan fingerprint density at radius 2 is 1.12 bits per heavy atom. The number of hydrogen-bond acceptors (Lipinski definition) is 0. The van der Waals surface area contributed by atoms with Gasteiger partial charge in [0.25, 0.3) is 0 Å². The van der Waals surface area contributed by atoms with E-state index >= 15 is 0 Å². The zero-order valence-electron chi connectivity index (χ0n) is 16.5. The van der Waals surface area contributed by atoms with Crippen molar-refractivity contribution in [1.29, 1.82) is 0 Å². The molecule has 0 nitrogen and oxygen atoms in total. The van der Waals surface area contributed by atoms with Crippen molar-refractivity contribution in [3.63, 3.8) is 0 Å². The second-order valence-electron chi connectivity index (χ2n) is 7.90. The second kappa shape index (κ2) is 8.94. The summed E-state index contributed by atoms with van der Waals surface area (Å²) in [6.07, 6.45) is 11.4. The summed E-state index contributed by atoms with van der Waals surface area (Å²) in [7, 11) is -1.44. The first kappa shape index (κ1) is 20.0. The summed E-state index contributed by atoms with van der Waals surface area (Å²) in [6, 6.07) is 8.44. The molecule has 0 spiro atoms. The molecule has 25 heavy (non-hydrogen) atoms. The monoisotopic (exact) mass is 486 g/mol. The Morgan fingerprint density at radius 3 is 1.52 bits per heavy atom. The molecule has 1 aliphatic rings. The van der Waals surface area contributed by atoms with Crippen LogP contribution >= 0.6 is 0 Å². The molecule has 0 saturated heterocycles. The Balaban J connectivity index is 1.93. The molecule has 0 bridgehead atoms. The van der Waals surface area contributed by atoms with E-state index in [4.69, 9.17) is 0 Å². The number of fused-ring (bicyclic) bond motifs is 3. The maximum absolute atomic E-state index is 2.68. The summed E-state index contributed by atoms with van der Waals surface area (Å²) in [6.45, 7) is 9.47. The van der Waals surface area contributed by atoms with Crippen LogP contribution in [0.1, 0.15) is 74.1 Å². The SMILES string of the molecule is CCCCCC[Si]1(CCCCCC)c2cc(C)[se]c2-c2[se]c(C)cc21. The molecule has 0 atom stereocenters. The van der Waals surface area contributed by atoms with Crippen LogP contribution in [0.3, 0.4) is 0 Å². The zero-order valence-corrected chi connectivity index (χ0v) is 21.0. The van der Waals surface area contributed by atoms with Gasteiger partial charge >= 0.3 is 168 Å². The van der Waals surface area contributed by atoms with E-state index in [9.17, 15) is 0 Å². The molecule has 2 aromatic heterocycles. The van der Waals surface area contributed by atoms with Gasteiger partial charge in [-0.1, -0.05) is 0 Å². The van der Waals surface area contributed by atoms with Crippen LogP contribution in [0, 0.1) is 13.8 Å². The summed E-state index contributed by atoms with van der Waals surface area (Å²) < 4.78 is 7.16. The molecule has 138 valence electrons. The molecule has 2 aromatic rings. The van der Waals surface area contributed by atoms with E-state index in [1.807, 2.05) is 19.2 Å². The van der Waals surface area contributed by atoms with E-state index in [0.29, 0.717) is 29.0 Å². The first-order valence-corrected chi connectivity index (χ1v) is 16.2. The standard InChI is InChI=1S/C22H34Se2Si/c1-5-7-9-11-13-25(14-12-10-8-6-2)19-15-17(3)23-21(19)22-20(25)16-18(4)24-22/h15-16H,5-14H2,1-4H3. The quantitative estimate of drug-likeness (QED) is 0.324. The van der Waals surface area contributed by atoms with E-state index < -0.39 is 8.07 Å². The van der Waals surface area contributed by atoms with Gasteiger partial charge in [-0.3, -0.25) is 0 Å². The van der Waals surface area contributed by atoms with E-state index in [0.717, 1.165) is 0 Å². The molecule has 0 saturated carbocycles. The zero-order chi connectivity index (χ0) is 17.9. The predicted molar refractivity (Wildman–Crippen MR) is 118 cm³/mol. The number of rotatable bonds is 10. The third-order valence-electron chi connectivity index (χ3n) is 5.86. The van der Waals surface area contributed by atoms with Crippen molar-refractivity contribution in [3.05, 3.63) is 21.0 Å². The summed E-state index contributed by atoms with van der Waals surface area (Å²) in [5.41, 5.74) is 0. The van der Waals surface area contributed by atoms with E-state index in [-0.39, 0.29) is 0 Å². The molecular formula is C22H34Se2Si. The van der Waals surface area contributed by atoms with Gasteiger partial charge in [0.1, 0.15) is 0 Å². The van der Waals surface area contributed by atoms with Gasteiger partial charge in [-0.25, -0.2) is 0 Å².